The molecular formula is C6H12NS2. The van der Waals surface area contributed by atoms with E-state index in [0.29, 0.717) is 4.32 Å². The van der Waals surface area contributed by atoms with Crippen LogP contribution >= 0.6 is 24.8 Å². The normalized spacial score (nSPS) is 9.11. The van der Waals surface area contributed by atoms with Crippen LogP contribution in [0.1, 0.15) is 19.3 Å². The summed E-state index contributed by atoms with van der Waals surface area (Å²) in [5.74, 6) is 0. The van der Waals surface area contributed by atoms with E-state index < -0.39 is 0 Å². The molecule has 0 saturated heterocycles. The Balaban J connectivity index is 2.83. The first-order chi connectivity index (χ1) is 4.27. The van der Waals surface area contributed by atoms with Gasteiger partial charge in [0.15, 0.2) is 0 Å². The summed E-state index contributed by atoms with van der Waals surface area (Å²) in [4.78, 5) is 0. The molecule has 0 heterocycles. The molecule has 0 amide bonds. The Kier molecular flexibility index (Phi) is 6.53. The topological polar surface area (TPSA) is 12.0 Å². The standard InChI is InChI=1S/C6H12NS2/c1-2-3-4-5-7-6(8)9/h1-5H2,(H2,7,8,9). The van der Waals surface area contributed by atoms with Gasteiger partial charge in [0.2, 0.25) is 0 Å². The van der Waals surface area contributed by atoms with Crippen LogP contribution in [-0.4, -0.2) is 10.9 Å². The lowest BCUT2D eigenvalue weighted by Gasteiger charge is -1.99. The summed E-state index contributed by atoms with van der Waals surface area (Å²) in [6.45, 7) is 4.65. The van der Waals surface area contributed by atoms with Crippen LogP contribution in [0, 0.1) is 6.92 Å². The zero-order valence-corrected chi connectivity index (χ0v) is 7.10. The van der Waals surface area contributed by atoms with Crippen LogP contribution < -0.4 is 5.32 Å². The molecule has 53 valence electrons. The average Bonchev–Trinajstić information content (AvgIpc) is 1.80. The van der Waals surface area contributed by atoms with E-state index in [1.807, 2.05) is 0 Å². The highest BCUT2D eigenvalue weighted by atomic mass is 32.1. The Morgan fingerprint density at radius 2 is 2.22 bits per heavy atom. The van der Waals surface area contributed by atoms with Gasteiger partial charge in [-0.1, -0.05) is 32.0 Å². The number of nitrogens with one attached hydrogen (secondary N) is 1. The molecule has 0 atom stereocenters. The first kappa shape index (κ1) is 9.24. The van der Waals surface area contributed by atoms with Crippen molar-refractivity contribution in [3.05, 3.63) is 6.92 Å². The first-order valence-corrected chi connectivity index (χ1v) is 3.89. The van der Waals surface area contributed by atoms with Crippen molar-refractivity contribution in [2.24, 2.45) is 0 Å². The van der Waals surface area contributed by atoms with E-state index in [1.165, 1.54) is 0 Å². The van der Waals surface area contributed by atoms with Gasteiger partial charge in [0.1, 0.15) is 4.32 Å². The maximum atomic E-state index is 4.68. The summed E-state index contributed by atoms with van der Waals surface area (Å²) >= 11 is 8.59. The van der Waals surface area contributed by atoms with Gasteiger partial charge >= 0.3 is 0 Å². The van der Waals surface area contributed by atoms with Gasteiger partial charge in [-0.05, 0) is 6.42 Å². The van der Waals surface area contributed by atoms with Gasteiger partial charge in [-0.3, -0.25) is 0 Å². The largest absolute Gasteiger partial charge is 0.371 e. The van der Waals surface area contributed by atoms with Crippen molar-refractivity contribution in [3.63, 3.8) is 0 Å². The summed E-state index contributed by atoms with van der Waals surface area (Å²) in [7, 11) is 0. The van der Waals surface area contributed by atoms with E-state index in [-0.39, 0.29) is 0 Å². The molecule has 0 aromatic carbocycles. The molecule has 0 spiro atoms. The lowest BCUT2D eigenvalue weighted by atomic mass is 10.2. The van der Waals surface area contributed by atoms with Crippen molar-refractivity contribution in [3.8, 4) is 0 Å². The summed E-state index contributed by atoms with van der Waals surface area (Å²) in [5.41, 5.74) is 0. The molecule has 3 heteroatoms. The van der Waals surface area contributed by atoms with E-state index in [9.17, 15) is 0 Å². The number of unbranched alkanes of at least 4 members (excludes halogenated alkanes) is 2. The molecule has 1 radical (unpaired) electrons. The van der Waals surface area contributed by atoms with Crippen LogP contribution in [0.3, 0.4) is 0 Å². The molecule has 0 unspecified atom stereocenters. The van der Waals surface area contributed by atoms with Crippen LogP contribution in [0.15, 0.2) is 0 Å². The Bertz CT molecular complexity index is 83.1. The second-order valence-electron chi connectivity index (χ2n) is 1.79. The van der Waals surface area contributed by atoms with Crippen LogP contribution in [0.5, 0.6) is 0 Å². The van der Waals surface area contributed by atoms with Gasteiger partial charge in [0, 0.05) is 6.54 Å². The second kappa shape index (κ2) is 6.36. The van der Waals surface area contributed by atoms with Gasteiger partial charge in [0.05, 0.1) is 0 Å². The number of thiol groups is 1. The minimum Gasteiger partial charge on any atom is -0.371 e. The maximum absolute atomic E-state index is 4.68. The molecule has 0 saturated carbocycles. The lowest BCUT2D eigenvalue weighted by Crippen LogP contribution is -2.17. The lowest BCUT2D eigenvalue weighted by molar-refractivity contribution is 0.724. The zero-order chi connectivity index (χ0) is 7.11. The summed E-state index contributed by atoms with van der Waals surface area (Å²) < 4.78 is 0.582. The predicted octanol–water partition coefficient (Wildman–Crippen LogP) is 1.80. The van der Waals surface area contributed by atoms with Gasteiger partial charge in [-0.25, -0.2) is 0 Å². The fourth-order valence-electron chi connectivity index (χ4n) is 0.497. The molecule has 0 aliphatic rings. The molecule has 1 nitrogen and oxygen atoms in total. The number of rotatable bonds is 4. The Labute approximate surface area is 67.6 Å². The summed E-state index contributed by atoms with van der Waals surface area (Å²) in [6, 6.07) is 0. The SMILES string of the molecule is [CH2]CCCCNC(=S)S. The van der Waals surface area contributed by atoms with E-state index in [1.54, 1.807) is 0 Å². The molecule has 0 bridgehead atoms. The van der Waals surface area contributed by atoms with Gasteiger partial charge in [-0.2, -0.15) is 0 Å². The van der Waals surface area contributed by atoms with Gasteiger partial charge in [0.25, 0.3) is 0 Å². The molecular weight excluding hydrogens is 150 g/mol. The highest BCUT2D eigenvalue weighted by Crippen LogP contribution is 1.90. The minimum atomic E-state index is 0.582. The number of thiocarbonyl (C=S) groups is 1. The Hall–Kier alpha value is 0.240. The molecule has 0 aliphatic carbocycles. The van der Waals surface area contributed by atoms with Crippen LogP contribution in [0.2, 0.25) is 0 Å². The monoisotopic (exact) mass is 162 g/mol. The predicted molar refractivity (Wildman–Crippen MR) is 48.8 cm³/mol. The van der Waals surface area contributed by atoms with Crippen molar-refractivity contribution >= 4 is 29.2 Å². The molecule has 1 N–H and O–H groups in total. The highest BCUT2D eigenvalue weighted by molar-refractivity contribution is 8.11. The van der Waals surface area contributed by atoms with Crippen molar-refractivity contribution in [2.75, 3.05) is 6.54 Å². The minimum absolute atomic E-state index is 0.582. The van der Waals surface area contributed by atoms with Crippen molar-refractivity contribution in [1.82, 2.24) is 5.32 Å². The van der Waals surface area contributed by atoms with E-state index in [2.05, 4.69) is 37.1 Å². The van der Waals surface area contributed by atoms with Crippen LogP contribution in [-0.2, 0) is 0 Å². The van der Waals surface area contributed by atoms with E-state index >= 15 is 0 Å². The molecule has 0 fully saturated rings. The van der Waals surface area contributed by atoms with E-state index in [4.69, 9.17) is 0 Å². The van der Waals surface area contributed by atoms with Crippen LogP contribution in [0.25, 0.3) is 0 Å². The molecule has 0 aromatic heterocycles. The fraction of sp³-hybridized carbons (Fsp3) is 0.667. The van der Waals surface area contributed by atoms with Crippen LogP contribution in [0.4, 0.5) is 0 Å². The maximum Gasteiger partial charge on any atom is 0.130 e. The summed E-state index contributed by atoms with van der Waals surface area (Å²) in [6.07, 6.45) is 3.29. The van der Waals surface area contributed by atoms with Gasteiger partial charge < -0.3 is 5.32 Å². The molecule has 0 aliphatic heterocycles. The highest BCUT2D eigenvalue weighted by Gasteiger charge is 1.85. The number of hydrogen-bond donors (Lipinski definition) is 2. The Morgan fingerprint density at radius 1 is 1.56 bits per heavy atom. The third-order valence-electron chi connectivity index (χ3n) is 0.953. The van der Waals surface area contributed by atoms with Crippen molar-refractivity contribution in [1.29, 1.82) is 0 Å². The van der Waals surface area contributed by atoms with Crippen molar-refractivity contribution in [2.45, 2.75) is 19.3 Å². The first-order valence-electron chi connectivity index (χ1n) is 3.03. The quantitative estimate of drug-likeness (QED) is 0.371. The van der Waals surface area contributed by atoms with Gasteiger partial charge in [-0.15, -0.1) is 12.6 Å². The average molecular weight is 162 g/mol. The summed E-state index contributed by atoms with van der Waals surface area (Å²) in [5, 5.41) is 2.95. The molecule has 0 aromatic rings. The molecule has 9 heavy (non-hydrogen) atoms. The fourth-order valence-corrected chi connectivity index (χ4v) is 0.711. The molecule has 0 rings (SSSR count). The Morgan fingerprint density at radius 3 is 2.67 bits per heavy atom. The third-order valence-corrected chi connectivity index (χ3v) is 1.26. The van der Waals surface area contributed by atoms with E-state index in [0.717, 1.165) is 25.8 Å². The number of hydrogen-bond acceptors (Lipinski definition) is 1. The van der Waals surface area contributed by atoms with Crippen molar-refractivity contribution < 1.29 is 0 Å². The smallest absolute Gasteiger partial charge is 0.130 e. The second-order valence-corrected chi connectivity index (χ2v) is 2.95. The zero-order valence-electron chi connectivity index (χ0n) is 5.39. The third kappa shape index (κ3) is 8.24.